The molecule has 0 aliphatic carbocycles. The molecule has 1 amide bonds. The Hall–Kier alpha value is -1.84. The van der Waals surface area contributed by atoms with E-state index in [1.165, 1.54) is 16.4 Å². The molecule has 7 nitrogen and oxygen atoms in total. The molecule has 1 heterocycles. The molecule has 0 spiro atoms. The number of likely N-dealkylation sites (N-methyl/N-ethyl adjacent to an activating group) is 1. The third kappa shape index (κ3) is 5.25. The van der Waals surface area contributed by atoms with Gasteiger partial charge >= 0.3 is 0 Å². The highest BCUT2D eigenvalue weighted by Gasteiger charge is 2.27. The summed E-state index contributed by atoms with van der Waals surface area (Å²) in [4.78, 5) is 14.7. The van der Waals surface area contributed by atoms with Gasteiger partial charge in [-0.25, -0.2) is 8.42 Å². The van der Waals surface area contributed by atoms with E-state index in [0.29, 0.717) is 42.6 Å². The molecule has 1 saturated heterocycles. The van der Waals surface area contributed by atoms with Gasteiger partial charge in [0.15, 0.2) is 6.10 Å². The lowest BCUT2D eigenvalue weighted by Gasteiger charge is -2.31. The topological polar surface area (TPSA) is 78.9 Å². The van der Waals surface area contributed by atoms with Gasteiger partial charge in [-0.3, -0.25) is 4.79 Å². The van der Waals surface area contributed by atoms with Crippen LogP contribution < -0.4 is 10.1 Å². The van der Waals surface area contributed by atoms with Crippen molar-refractivity contribution >= 4 is 44.8 Å². The summed E-state index contributed by atoms with van der Waals surface area (Å²) in [5, 5.41) is 3.27. The summed E-state index contributed by atoms with van der Waals surface area (Å²) in [7, 11) is -1.59. The van der Waals surface area contributed by atoms with Crippen molar-refractivity contribution in [2.45, 2.75) is 17.9 Å². The third-order valence-electron chi connectivity index (χ3n) is 4.81. The molecular formula is C20H23Cl2N3O4S. The second-order valence-corrected chi connectivity index (χ2v) is 9.76. The summed E-state index contributed by atoms with van der Waals surface area (Å²) in [6.45, 7) is 3.89. The van der Waals surface area contributed by atoms with Gasteiger partial charge in [-0.05, 0) is 50.4 Å². The predicted molar refractivity (Wildman–Crippen MR) is 118 cm³/mol. The minimum Gasteiger partial charge on any atom is -0.479 e. The molecule has 0 aromatic heterocycles. The Morgan fingerprint density at radius 2 is 1.70 bits per heavy atom. The molecule has 0 radical (unpaired) electrons. The van der Waals surface area contributed by atoms with Gasteiger partial charge in [-0.2, -0.15) is 4.31 Å². The zero-order valence-electron chi connectivity index (χ0n) is 16.6. The molecule has 1 fully saturated rings. The molecule has 1 N–H and O–H groups in total. The predicted octanol–water partition coefficient (Wildman–Crippen LogP) is 3.34. The monoisotopic (exact) mass is 471 g/mol. The molecule has 2 aromatic rings. The van der Waals surface area contributed by atoms with Gasteiger partial charge in [0.2, 0.25) is 10.0 Å². The molecular weight excluding hydrogens is 449 g/mol. The number of carbonyl (C=O) groups excluding carboxylic acids is 1. The van der Waals surface area contributed by atoms with Crippen molar-refractivity contribution in [3.63, 3.8) is 0 Å². The molecule has 1 atom stereocenters. The summed E-state index contributed by atoms with van der Waals surface area (Å²) < 4.78 is 32.6. The first-order chi connectivity index (χ1) is 14.2. The first-order valence-corrected chi connectivity index (χ1v) is 11.6. The number of amides is 1. The van der Waals surface area contributed by atoms with Crippen molar-refractivity contribution in [2.75, 3.05) is 38.5 Å². The number of hydrogen-bond acceptors (Lipinski definition) is 5. The number of benzene rings is 2. The van der Waals surface area contributed by atoms with Gasteiger partial charge in [-0.15, -0.1) is 0 Å². The second kappa shape index (κ2) is 9.53. The van der Waals surface area contributed by atoms with Crippen LogP contribution in [0, 0.1) is 0 Å². The van der Waals surface area contributed by atoms with E-state index in [1.807, 2.05) is 7.05 Å². The summed E-state index contributed by atoms with van der Waals surface area (Å²) in [5.41, 5.74) is 0.463. The van der Waals surface area contributed by atoms with Crippen molar-refractivity contribution in [3.05, 3.63) is 52.5 Å². The smallest absolute Gasteiger partial charge is 0.265 e. The number of nitrogens with zero attached hydrogens (tertiary/aromatic N) is 2. The first kappa shape index (κ1) is 22.8. The Labute approximate surface area is 186 Å². The van der Waals surface area contributed by atoms with Crippen molar-refractivity contribution in [3.8, 4) is 5.75 Å². The number of anilines is 1. The van der Waals surface area contributed by atoms with Crippen LogP contribution in [-0.4, -0.2) is 62.9 Å². The molecule has 10 heteroatoms. The van der Waals surface area contributed by atoms with Gasteiger partial charge < -0.3 is 15.0 Å². The van der Waals surface area contributed by atoms with Gasteiger partial charge in [0.1, 0.15) is 10.8 Å². The molecule has 1 aliphatic heterocycles. The molecule has 162 valence electrons. The summed E-state index contributed by atoms with van der Waals surface area (Å²) >= 11 is 12.0. The van der Waals surface area contributed by atoms with Crippen LogP contribution >= 0.6 is 23.2 Å². The van der Waals surface area contributed by atoms with E-state index in [2.05, 4.69) is 10.2 Å². The zero-order valence-corrected chi connectivity index (χ0v) is 19.0. The maximum Gasteiger partial charge on any atom is 0.265 e. The zero-order chi connectivity index (χ0) is 21.9. The van der Waals surface area contributed by atoms with E-state index in [1.54, 1.807) is 37.3 Å². The fraction of sp³-hybridized carbons (Fsp3) is 0.350. The van der Waals surface area contributed by atoms with E-state index in [0.717, 1.165) is 0 Å². The van der Waals surface area contributed by atoms with Crippen LogP contribution in [-0.2, 0) is 14.8 Å². The fourth-order valence-electron chi connectivity index (χ4n) is 2.95. The first-order valence-electron chi connectivity index (χ1n) is 9.39. The number of sulfonamides is 1. The average Bonchev–Trinajstić information content (AvgIpc) is 2.72. The Morgan fingerprint density at radius 1 is 1.07 bits per heavy atom. The summed E-state index contributed by atoms with van der Waals surface area (Å²) in [6.07, 6.45) is -0.838. The van der Waals surface area contributed by atoms with E-state index in [4.69, 9.17) is 27.9 Å². The average molecular weight is 472 g/mol. The van der Waals surface area contributed by atoms with Gasteiger partial charge in [-0.1, -0.05) is 29.3 Å². The number of ether oxygens (including phenoxy) is 1. The van der Waals surface area contributed by atoms with Crippen molar-refractivity contribution in [1.29, 1.82) is 0 Å². The van der Waals surface area contributed by atoms with Crippen LogP contribution in [0.5, 0.6) is 5.75 Å². The van der Waals surface area contributed by atoms with Gasteiger partial charge in [0.05, 0.1) is 9.92 Å². The fourth-order valence-corrected chi connectivity index (χ4v) is 4.71. The molecule has 3 rings (SSSR count). The maximum absolute atomic E-state index is 12.8. The normalized spacial score (nSPS) is 16.8. The van der Waals surface area contributed by atoms with Crippen molar-refractivity contribution < 1.29 is 17.9 Å². The maximum atomic E-state index is 12.8. The molecule has 30 heavy (non-hydrogen) atoms. The van der Waals surface area contributed by atoms with Gasteiger partial charge in [0, 0.05) is 31.9 Å². The minimum atomic E-state index is -3.55. The van der Waals surface area contributed by atoms with Crippen LogP contribution in [0.25, 0.3) is 0 Å². The highest BCUT2D eigenvalue weighted by molar-refractivity contribution is 7.89. The number of halogens is 2. The van der Waals surface area contributed by atoms with E-state index in [-0.39, 0.29) is 9.92 Å². The van der Waals surface area contributed by atoms with Gasteiger partial charge in [0.25, 0.3) is 5.91 Å². The summed E-state index contributed by atoms with van der Waals surface area (Å²) in [5.74, 6) is -0.0962. The lowest BCUT2D eigenvalue weighted by molar-refractivity contribution is -0.122. The standard InChI is InChI=1S/C20H23Cl2N3O4S/c1-14(29-18-5-3-4-17(21)19(18)22)20(26)23-15-6-8-16(9-7-15)30(27,28)25-12-10-24(2)11-13-25/h3-9,14H,10-13H2,1-2H3,(H,23,26). The van der Waals surface area contributed by atoms with Crippen molar-refractivity contribution in [1.82, 2.24) is 9.21 Å². The number of hydrogen-bond donors (Lipinski definition) is 1. The number of piperazine rings is 1. The number of carbonyl (C=O) groups is 1. The highest BCUT2D eigenvalue weighted by Crippen LogP contribution is 2.32. The molecule has 1 aliphatic rings. The number of rotatable bonds is 6. The number of nitrogens with one attached hydrogen (secondary N) is 1. The highest BCUT2D eigenvalue weighted by atomic mass is 35.5. The molecule has 2 aromatic carbocycles. The largest absolute Gasteiger partial charge is 0.479 e. The Kier molecular flexibility index (Phi) is 7.26. The van der Waals surface area contributed by atoms with Crippen molar-refractivity contribution in [2.24, 2.45) is 0 Å². The molecule has 0 bridgehead atoms. The SMILES string of the molecule is CC(Oc1cccc(Cl)c1Cl)C(=O)Nc1ccc(S(=O)(=O)N2CCN(C)CC2)cc1. The van der Waals surface area contributed by atoms with E-state index < -0.39 is 22.0 Å². The third-order valence-corrected chi connectivity index (χ3v) is 7.53. The van der Waals surface area contributed by atoms with Crippen LogP contribution in [0.1, 0.15) is 6.92 Å². The van der Waals surface area contributed by atoms with Crippen LogP contribution in [0.4, 0.5) is 5.69 Å². The quantitative estimate of drug-likeness (QED) is 0.698. The van der Waals surface area contributed by atoms with E-state index >= 15 is 0 Å². The van der Waals surface area contributed by atoms with Crippen LogP contribution in [0.3, 0.4) is 0 Å². The lowest BCUT2D eigenvalue weighted by Crippen LogP contribution is -2.46. The van der Waals surface area contributed by atoms with Crippen LogP contribution in [0.2, 0.25) is 10.0 Å². The Morgan fingerprint density at radius 3 is 2.33 bits per heavy atom. The molecule has 1 unspecified atom stereocenters. The Balaban J connectivity index is 1.63. The van der Waals surface area contributed by atoms with E-state index in [9.17, 15) is 13.2 Å². The lowest BCUT2D eigenvalue weighted by atomic mass is 10.3. The second-order valence-electron chi connectivity index (χ2n) is 7.03. The van der Waals surface area contributed by atoms with Crippen LogP contribution in [0.15, 0.2) is 47.4 Å². The Bertz CT molecular complexity index is 1010. The summed E-state index contributed by atoms with van der Waals surface area (Å²) in [6, 6.07) is 11.0. The minimum absolute atomic E-state index is 0.194. The molecule has 0 saturated carbocycles.